The number of ether oxygens (including phenoxy) is 4. The Morgan fingerprint density at radius 3 is 2.24 bits per heavy atom. The number of benzene rings is 2. The first-order valence-electron chi connectivity index (χ1n) is 11.3. The van der Waals surface area contributed by atoms with Crippen LogP contribution in [0.3, 0.4) is 0 Å². The van der Waals surface area contributed by atoms with Gasteiger partial charge in [-0.15, -0.1) is 0 Å². The van der Waals surface area contributed by atoms with Crippen LogP contribution in [-0.2, 0) is 17.6 Å². The molecule has 0 radical (unpaired) electrons. The van der Waals surface area contributed by atoms with Crippen LogP contribution < -0.4 is 24.3 Å². The van der Waals surface area contributed by atoms with Crippen LogP contribution in [0.15, 0.2) is 30.5 Å². The fourth-order valence-electron chi connectivity index (χ4n) is 4.53. The number of hydrogen-bond donors (Lipinski definition) is 1. The lowest BCUT2D eigenvalue weighted by Gasteiger charge is -2.31. The van der Waals surface area contributed by atoms with Crippen LogP contribution in [0.4, 0.5) is 0 Å². The maximum atomic E-state index is 12.8. The molecule has 0 saturated heterocycles. The van der Waals surface area contributed by atoms with E-state index in [1.807, 2.05) is 24.4 Å². The Hall–Kier alpha value is -3.19. The Bertz CT molecular complexity index is 1050. The molecule has 1 atom stereocenters. The van der Waals surface area contributed by atoms with Crippen LogP contribution in [0.2, 0.25) is 0 Å². The molecule has 7 nitrogen and oxygen atoms in total. The van der Waals surface area contributed by atoms with Gasteiger partial charge in [-0.3, -0.25) is 4.79 Å². The van der Waals surface area contributed by atoms with Crippen LogP contribution >= 0.6 is 0 Å². The SMILES string of the molecule is COc1cc2c(cc1OC)CC(=O)N(CCCNC[C@@H]1Cc3cc(OC)c(OC)cc31)C=C2. The standard InChI is InChI=1S/C26H32N2O5/c1-30-22-11-17-6-9-28(26(29)14-18(17)12-23(22)31-2)8-5-7-27-16-20-10-19-13-24(32-3)25(33-4)15-21(19)20/h6,9,11-13,15,20,27H,5,7-8,10,14,16H2,1-4H3/t20-/m0/s1. The Morgan fingerprint density at radius 1 is 0.909 bits per heavy atom. The molecule has 4 rings (SSSR count). The molecule has 0 saturated carbocycles. The second kappa shape index (κ2) is 10.2. The van der Waals surface area contributed by atoms with Gasteiger partial charge in [0.1, 0.15) is 0 Å². The second-order valence-corrected chi connectivity index (χ2v) is 8.35. The van der Waals surface area contributed by atoms with Gasteiger partial charge in [0.25, 0.3) is 0 Å². The van der Waals surface area contributed by atoms with E-state index in [2.05, 4.69) is 17.4 Å². The summed E-state index contributed by atoms with van der Waals surface area (Å²) in [5.41, 5.74) is 4.59. The monoisotopic (exact) mass is 452 g/mol. The smallest absolute Gasteiger partial charge is 0.230 e. The van der Waals surface area contributed by atoms with Crippen molar-refractivity contribution in [2.75, 3.05) is 48.1 Å². The van der Waals surface area contributed by atoms with Gasteiger partial charge in [-0.05, 0) is 72.0 Å². The lowest BCUT2D eigenvalue weighted by molar-refractivity contribution is -0.127. The molecule has 0 fully saturated rings. The average Bonchev–Trinajstić information content (AvgIpc) is 2.97. The maximum Gasteiger partial charge on any atom is 0.230 e. The van der Waals surface area contributed by atoms with Gasteiger partial charge in [-0.25, -0.2) is 0 Å². The highest BCUT2D eigenvalue weighted by Gasteiger charge is 2.28. The minimum atomic E-state index is 0.0891. The molecule has 1 amide bonds. The highest BCUT2D eigenvalue weighted by molar-refractivity contribution is 5.84. The molecule has 1 aliphatic heterocycles. The highest BCUT2D eigenvalue weighted by Crippen LogP contribution is 2.42. The van der Waals surface area contributed by atoms with Gasteiger partial charge >= 0.3 is 0 Å². The summed E-state index contributed by atoms with van der Waals surface area (Å²) in [5, 5.41) is 3.54. The van der Waals surface area contributed by atoms with Crippen molar-refractivity contribution in [3.05, 3.63) is 52.7 Å². The summed E-state index contributed by atoms with van der Waals surface area (Å²) in [5.74, 6) is 3.45. The molecule has 2 aliphatic rings. The number of methoxy groups -OCH3 is 4. The molecule has 0 unspecified atom stereocenters. The van der Waals surface area contributed by atoms with E-state index in [0.29, 0.717) is 30.4 Å². The van der Waals surface area contributed by atoms with E-state index in [9.17, 15) is 4.79 Å². The normalized spacial score (nSPS) is 16.4. The number of nitrogens with one attached hydrogen (secondary N) is 1. The first-order valence-corrected chi connectivity index (χ1v) is 11.3. The lowest BCUT2D eigenvalue weighted by atomic mass is 9.77. The Labute approximate surface area is 195 Å². The number of fused-ring (bicyclic) bond motifs is 2. The summed E-state index contributed by atoms with van der Waals surface area (Å²) in [6.45, 7) is 2.44. The minimum absolute atomic E-state index is 0.0891. The molecule has 0 aromatic heterocycles. The van der Waals surface area contributed by atoms with Gasteiger partial charge in [-0.1, -0.05) is 0 Å². The first-order chi connectivity index (χ1) is 16.1. The molecular formula is C26H32N2O5. The second-order valence-electron chi connectivity index (χ2n) is 8.35. The van der Waals surface area contributed by atoms with E-state index < -0.39 is 0 Å². The van der Waals surface area contributed by atoms with E-state index in [4.69, 9.17) is 18.9 Å². The predicted molar refractivity (Wildman–Crippen MR) is 127 cm³/mol. The topological polar surface area (TPSA) is 69.3 Å². The molecular weight excluding hydrogens is 420 g/mol. The third-order valence-corrected chi connectivity index (χ3v) is 6.44. The maximum absolute atomic E-state index is 12.8. The van der Waals surface area contributed by atoms with Crippen molar-refractivity contribution >= 4 is 12.0 Å². The van der Waals surface area contributed by atoms with Crippen molar-refractivity contribution in [3.63, 3.8) is 0 Å². The van der Waals surface area contributed by atoms with Gasteiger partial charge < -0.3 is 29.2 Å². The summed E-state index contributed by atoms with van der Waals surface area (Å²) in [6, 6.07) is 7.98. The molecule has 33 heavy (non-hydrogen) atoms. The van der Waals surface area contributed by atoms with Crippen molar-refractivity contribution in [2.45, 2.75) is 25.2 Å². The third kappa shape index (κ3) is 4.78. The van der Waals surface area contributed by atoms with E-state index in [-0.39, 0.29) is 5.91 Å². The van der Waals surface area contributed by atoms with Gasteiger partial charge in [0.05, 0.1) is 34.9 Å². The van der Waals surface area contributed by atoms with Crippen LogP contribution in [0.1, 0.15) is 34.6 Å². The number of rotatable bonds is 10. The van der Waals surface area contributed by atoms with Crippen LogP contribution in [0.25, 0.3) is 6.08 Å². The zero-order chi connectivity index (χ0) is 23.4. The van der Waals surface area contributed by atoms with Crippen molar-refractivity contribution in [1.29, 1.82) is 0 Å². The fraction of sp³-hybridized carbons (Fsp3) is 0.423. The number of carbonyl (C=O) groups is 1. The van der Waals surface area contributed by atoms with Crippen molar-refractivity contribution < 1.29 is 23.7 Å². The zero-order valence-corrected chi connectivity index (χ0v) is 19.8. The number of nitrogens with zero attached hydrogens (tertiary/aromatic N) is 1. The molecule has 1 N–H and O–H groups in total. The van der Waals surface area contributed by atoms with E-state index >= 15 is 0 Å². The van der Waals surface area contributed by atoms with Gasteiger partial charge in [0.15, 0.2) is 23.0 Å². The number of hydrogen-bond acceptors (Lipinski definition) is 6. The summed E-state index contributed by atoms with van der Waals surface area (Å²) in [7, 11) is 6.55. The van der Waals surface area contributed by atoms with E-state index in [1.54, 1.807) is 33.3 Å². The van der Waals surface area contributed by atoms with Crippen LogP contribution in [-0.4, -0.2) is 58.9 Å². The fourth-order valence-corrected chi connectivity index (χ4v) is 4.53. The average molecular weight is 453 g/mol. The molecule has 2 aromatic rings. The summed E-state index contributed by atoms with van der Waals surface area (Å²) in [4.78, 5) is 14.6. The molecule has 1 heterocycles. The van der Waals surface area contributed by atoms with Gasteiger partial charge in [0, 0.05) is 25.2 Å². The van der Waals surface area contributed by atoms with E-state index in [0.717, 1.165) is 48.6 Å². The molecule has 7 heteroatoms. The Kier molecular flexibility index (Phi) is 7.08. The largest absolute Gasteiger partial charge is 0.493 e. The lowest BCUT2D eigenvalue weighted by Crippen LogP contribution is -2.32. The summed E-state index contributed by atoms with van der Waals surface area (Å²) in [6.07, 6.45) is 6.12. The first kappa shape index (κ1) is 23.0. The molecule has 1 aliphatic carbocycles. The highest BCUT2D eigenvalue weighted by atomic mass is 16.5. The zero-order valence-electron chi connectivity index (χ0n) is 19.8. The summed E-state index contributed by atoms with van der Waals surface area (Å²) < 4.78 is 21.6. The predicted octanol–water partition coefficient (Wildman–Crippen LogP) is 3.40. The molecule has 0 spiro atoms. The molecule has 0 bridgehead atoms. The minimum Gasteiger partial charge on any atom is -0.493 e. The van der Waals surface area contributed by atoms with Gasteiger partial charge in [-0.2, -0.15) is 0 Å². The van der Waals surface area contributed by atoms with Crippen LogP contribution in [0, 0.1) is 0 Å². The Morgan fingerprint density at radius 2 is 1.55 bits per heavy atom. The number of carbonyl (C=O) groups excluding carboxylic acids is 1. The molecule has 2 aromatic carbocycles. The van der Waals surface area contributed by atoms with Gasteiger partial charge in [0.2, 0.25) is 5.91 Å². The Balaban J connectivity index is 1.26. The quantitative estimate of drug-likeness (QED) is 0.558. The van der Waals surface area contributed by atoms with Crippen molar-refractivity contribution in [3.8, 4) is 23.0 Å². The van der Waals surface area contributed by atoms with E-state index in [1.165, 1.54) is 11.1 Å². The van der Waals surface area contributed by atoms with Crippen LogP contribution in [0.5, 0.6) is 23.0 Å². The molecule has 176 valence electrons. The summed E-state index contributed by atoms with van der Waals surface area (Å²) >= 11 is 0. The van der Waals surface area contributed by atoms with Crippen molar-refractivity contribution in [1.82, 2.24) is 10.2 Å². The number of amides is 1. The van der Waals surface area contributed by atoms with Crippen molar-refractivity contribution in [2.24, 2.45) is 0 Å². The third-order valence-electron chi connectivity index (χ3n) is 6.44.